The SMILES string of the molecule is BC1NC2(CCC(C(C)C)CC2)N(CCc2ccc(C(=O)NCCC(=O)OC)cc2)C1=O. The minimum absolute atomic E-state index is 0.137. The number of hydrogen-bond donors (Lipinski definition) is 2. The number of nitrogens with zero attached hydrogens (tertiary/aromatic N) is 1. The third kappa shape index (κ3) is 5.52. The monoisotopic (exact) mass is 441 g/mol. The number of methoxy groups -OCH3 is 1. The molecule has 8 heteroatoms. The fraction of sp³-hybridized carbons (Fsp3) is 0.625. The number of hydrogen-bond acceptors (Lipinski definition) is 5. The Bertz CT molecular complexity index is 819. The number of esters is 1. The second-order valence-corrected chi connectivity index (χ2v) is 9.50. The predicted molar refractivity (Wildman–Crippen MR) is 126 cm³/mol. The third-order valence-corrected chi connectivity index (χ3v) is 7.12. The van der Waals surface area contributed by atoms with Crippen LogP contribution >= 0.6 is 0 Å². The van der Waals surface area contributed by atoms with Crippen LogP contribution in [0.4, 0.5) is 0 Å². The molecular weight excluding hydrogens is 405 g/mol. The average molecular weight is 441 g/mol. The van der Waals surface area contributed by atoms with Crippen LogP contribution in [-0.4, -0.2) is 62.3 Å². The van der Waals surface area contributed by atoms with Crippen molar-refractivity contribution in [3.63, 3.8) is 0 Å². The second kappa shape index (κ2) is 10.5. The normalized spacial score (nSPS) is 25.4. The molecule has 1 aliphatic carbocycles. The van der Waals surface area contributed by atoms with E-state index in [-0.39, 0.29) is 42.4 Å². The molecule has 0 radical (unpaired) electrons. The molecule has 3 rings (SSSR count). The first-order valence-electron chi connectivity index (χ1n) is 11.8. The molecule has 1 unspecified atom stereocenters. The van der Waals surface area contributed by atoms with Gasteiger partial charge in [0.1, 0.15) is 7.85 Å². The molecule has 2 amide bonds. The quantitative estimate of drug-likeness (QED) is 0.471. The molecule has 2 aliphatic rings. The van der Waals surface area contributed by atoms with Crippen LogP contribution in [0.3, 0.4) is 0 Å². The zero-order valence-corrected chi connectivity index (χ0v) is 19.8. The molecule has 1 saturated carbocycles. The van der Waals surface area contributed by atoms with E-state index in [2.05, 4.69) is 34.1 Å². The van der Waals surface area contributed by atoms with Gasteiger partial charge in [-0.2, -0.15) is 0 Å². The van der Waals surface area contributed by atoms with Crippen LogP contribution < -0.4 is 10.6 Å². The van der Waals surface area contributed by atoms with Crippen molar-refractivity contribution < 1.29 is 19.1 Å². The van der Waals surface area contributed by atoms with Gasteiger partial charge in [0, 0.05) is 18.7 Å². The van der Waals surface area contributed by atoms with Gasteiger partial charge < -0.3 is 15.0 Å². The maximum atomic E-state index is 12.9. The second-order valence-electron chi connectivity index (χ2n) is 9.50. The summed E-state index contributed by atoms with van der Waals surface area (Å²) < 4.78 is 4.57. The van der Waals surface area contributed by atoms with Gasteiger partial charge in [-0.05, 0) is 61.6 Å². The fourth-order valence-electron chi connectivity index (χ4n) is 5.06. The van der Waals surface area contributed by atoms with Gasteiger partial charge >= 0.3 is 5.97 Å². The van der Waals surface area contributed by atoms with Crippen molar-refractivity contribution in [2.45, 2.75) is 64.0 Å². The molecule has 1 atom stereocenters. The molecule has 1 aromatic carbocycles. The summed E-state index contributed by atoms with van der Waals surface area (Å²) in [4.78, 5) is 38.4. The van der Waals surface area contributed by atoms with E-state index in [0.717, 1.165) is 43.6 Å². The van der Waals surface area contributed by atoms with E-state index in [4.69, 9.17) is 0 Å². The molecule has 174 valence electrons. The summed E-state index contributed by atoms with van der Waals surface area (Å²) in [7, 11) is 3.29. The van der Waals surface area contributed by atoms with Crippen LogP contribution in [0.25, 0.3) is 0 Å². The number of carbonyl (C=O) groups excluding carboxylic acids is 3. The van der Waals surface area contributed by atoms with Crippen molar-refractivity contribution in [1.82, 2.24) is 15.5 Å². The first kappa shape index (κ1) is 24.3. The summed E-state index contributed by atoms with van der Waals surface area (Å²) in [6, 6.07) is 7.46. The average Bonchev–Trinajstić information content (AvgIpc) is 3.01. The van der Waals surface area contributed by atoms with Gasteiger partial charge in [-0.1, -0.05) is 26.0 Å². The van der Waals surface area contributed by atoms with Crippen LogP contribution in [0, 0.1) is 11.8 Å². The van der Waals surface area contributed by atoms with Crippen molar-refractivity contribution in [1.29, 1.82) is 0 Å². The molecule has 32 heavy (non-hydrogen) atoms. The van der Waals surface area contributed by atoms with E-state index in [1.165, 1.54) is 7.11 Å². The summed E-state index contributed by atoms with van der Waals surface area (Å²) in [6.07, 6.45) is 5.23. The lowest BCUT2D eigenvalue weighted by atomic mass is 9.76. The molecule has 0 bridgehead atoms. The largest absolute Gasteiger partial charge is 0.469 e. The van der Waals surface area contributed by atoms with Gasteiger partial charge in [0.05, 0.1) is 25.1 Å². The molecule has 2 N–H and O–H groups in total. The predicted octanol–water partition coefficient (Wildman–Crippen LogP) is 1.46. The van der Waals surface area contributed by atoms with E-state index >= 15 is 0 Å². The van der Waals surface area contributed by atoms with E-state index in [0.29, 0.717) is 18.0 Å². The lowest BCUT2D eigenvalue weighted by molar-refractivity contribution is -0.140. The van der Waals surface area contributed by atoms with Gasteiger partial charge in [-0.15, -0.1) is 0 Å². The highest BCUT2D eigenvalue weighted by atomic mass is 16.5. The van der Waals surface area contributed by atoms with Gasteiger partial charge in [0.2, 0.25) is 5.91 Å². The Morgan fingerprint density at radius 3 is 2.50 bits per heavy atom. The lowest BCUT2D eigenvalue weighted by Gasteiger charge is -2.44. The highest BCUT2D eigenvalue weighted by Gasteiger charge is 2.49. The van der Waals surface area contributed by atoms with Crippen molar-refractivity contribution >= 4 is 25.6 Å². The number of amides is 2. The number of ether oxygens (including phenoxy) is 1. The first-order valence-corrected chi connectivity index (χ1v) is 11.8. The Morgan fingerprint density at radius 2 is 1.91 bits per heavy atom. The maximum absolute atomic E-state index is 12.9. The Kier molecular flexibility index (Phi) is 7.98. The molecule has 1 aliphatic heterocycles. The van der Waals surface area contributed by atoms with Crippen molar-refractivity contribution in [3.05, 3.63) is 35.4 Å². The fourth-order valence-corrected chi connectivity index (χ4v) is 5.06. The Labute approximate surface area is 192 Å². The third-order valence-electron chi connectivity index (χ3n) is 7.12. The zero-order chi connectivity index (χ0) is 23.3. The Hall–Kier alpha value is -2.35. The molecule has 0 aromatic heterocycles. The Balaban J connectivity index is 1.56. The number of carbonyl (C=O) groups is 3. The van der Waals surface area contributed by atoms with Crippen LogP contribution in [0.2, 0.25) is 0 Å². The van der Waals surface area contributed by atoms with Gasteiger partial charge in [-0.25, -0.2) is 0 Å². The minimum Gasteiger partial charge on any atom is -0.469 e. The highest BCUT2D eigenvalue weighted by molar-refractivity contribution is 6.24. The van der Waals surface area contributed by atoms with E-state index in [1.807, 2.05) is 20.0 Å². The first-order chi connectivity index (χ1) is 15.3. The number of nitrogens with one attached hydrogen (secondary N) is 2. The molecule has 7 nitrogen and oxygen atoms in total. The van der Waals surface area contributed by atoms with Gasteiger partial charge in [-0.3, -0.25) is 19.7 Å². The molecule has 2 fully saturated rings. The summed E-state index contributed by atoms with van der Waals surface area (Å²) in [6.45, 7) is 5.50. The lowest BCUT2D eigenvalue weighted by Crippen LogP contribution is -2.55. The molecule has 1 spiro atoms. The Morgan fingerprint density at radius 1 is 1.25 bits per heavy atom. The molecule has 1 aromatic rings. The molecular formula is C24H36BN3O4. The van der Waals surface area contributed by atoms with E-state index in [1.54, 1.807) is 12.1 Å². The highest BCUT2D eigenvalue weighted by Crippen LogP contribution is 2.40. The number of benzene rings is 1. The van der Waals surface area contributed by atoms with Gasteiger partial charge in [0.25, 0.3) is 5.91 Å². The smallest absolute Gasteiger partial charge is 0.307 e. The standard InChI is InChI=1S/C24H36BN3O4/c1-16(2)18-8-12-24(13-9-18)27-21(25)23(31)28(24)15-11-17-4-6-19(7-5-17)22(30)26-14-10-20(29)32-3/h4-7,16,18,21,27H,8-15,25H2,1-3H3,(H,26,30). The van der Waals surface area contributed by atoms with Crippen LogP contribution in [0.1, 0.15) is 61.9 Å². The van der Waals surface area contributed by atoms with Crippen molar-refractivity contribution in [2.24, 2.45) is 11.8 Å². The zero-order valence-electron chi connectivity index (χ0n) is 19.8. The molecule has 1 saturated heterocycles. The van der Waals surface area contributed by atoms with E-state index in [9.17, 15) is 14.4 Å². The molecule has 1 heterocycles. The van der Waals surface area contributed by atoms with Crippen LogP contribution in [-0.2, 0) is 20.7 Å². The minimum atomic E-state index is -0.351. The maximum Gasteiger partial charge on any atom is 0.307 e. The summed E-state index contributed by atoms with van der Waals surface area (Å²) in [5.41, 5.74) is 1.44. The van der Waals surface area contributed by atoms with E-state index < -0.39 is 0 Å². The number of rotatable bonds is 8. The summed E-state index contributed by atoms with van der Waals surface area (Å²) in [5, 5.41) is 6.33. The van der Waals surface area contributed by atoms with Crippen molar-refractivity contribution in [2.75, 3.05) is 20.2 Å². The summed E-state index contributed by atoms with van der Waals surface area (Å²) in [5.74, 6) is 0.912. The van der Waals surface area contributed by atoms with Crippen LogP contribution in [0.5, 0.6) is 0 Å². The van der Waals surface area contributed by atoms with Crippen LogP contribution in [0.15, 0.2) is 24.3 Å². The topological polar surface area (TPSA) is 87.7 Å². The van der Waals surface area contributed by atoms with Crippen molar-refractivity contribution in [3.8, 4) is 0 Å². The summed E-state index contributed by atoms with van der Waals surface area (Å²) >= 11 is 0. The van der Waals surface area contributed by atoms with Gasteiger partial charge in [0.15, 0.2) is 0 Å².